The van der Waals surface area contributed by atoms with Crippen molar-refractivity contribution in [2.45, 2.75) is 20.8 Å². The zero-order chi connectivity index (χ0) is 14.0. The Morgan fingerprint density at radius 2 is 2.00 bits per heavy atom. The first-order valence-corrected chi connectivity index (χ1v) is 7.30. The third kappa shape index (κ3) is 2.45. The topological polar surface area (TPSA) is 29.5 Å². The van der Waals surface area contributed by atoms with Gasteiger partial charge in [-0.05, 0) is 39.0 Å². The van der Waals surface area contributed by atoms with Gasteiger partial charge in [0.15, 0.2) is 0 Å². The van der Waals surface area contributed by atoms with Crippen molar-refractivity contribution in [1.29, 1.82) is 0 Å². The van der Waals surface area contributed by atoms with Crippen molar-refractivity contribution < 1.29 is 9.53 Å². The first-order valence-electron chi connectivity index (χ1n) is 6.48. The van der Waals surface area contributed by atoms with Gasteiger partial charge in [-0.25, -0.2) is 0 Å². The van der Waals surface area contributed by atoms with E-state index in [-0.39, 0.29) is 5.91 Å². The zero-order valence-corrected chi connectivity index (χ0v) is 12.6. The van der Waals surface area contributed by atoms with Crippen LogP contribution in [-0.2, 0) is 0 Å². The molecule has 0 saturated carbocycles. The molecule has 0 fully saturated rings. The molecule has 0 bridgehead atoms. The molecule has 1 aromatic heterocycles. The summed E-state index contributed by atoms with van der Waals surface area (Å²) in [6, 6.07) is 5.96. The summed E-state index contributed by atoms with van der Waals surface area (Å²) in [5.41, 5.74) is 0.650. The molecule has 0 aliphatic carbocycles. The van der Waals surface area contributed by atoms with E-state index in [4.69, 9.17) is 4.74 Å². The van der Waals surface area contributed by atoms with E-state index in [1.165, 1.54) is 4.88 Å². The van der Waals surface area contributed by atoms with Crippen LogP contribution in [0.1, 0.15) is 29.1 Å². The average Bonchev–Trinajstić information content (AvgIpc) is 2.78. The number of thiophene rings is 1. The van der Waals surface area contributed by atoms with Crippen molar-refractivity contribution in [1.82, 2.24) is 4.90 Å². The Morgan fingerprint density at radius 3 is 2.58 bits per heavy atom. The van der Waals surface area contributed by atoms with Crippen molar-refractivity contribution in [3.8, 4) is 5.75 Å². The molecule has 1 amide bonds. The molecule has 0 radical (unpaired) electrons. The van der Waals surface area contributed by atoms with E-state index in [0.29, 0.717) is 24.4 Å². The highest BCUT2D eigenvalue weighted by molar-refractivity contribution is 7.19. The van der Waals surface area contributed by atoms with Gasteiger partial charge in [-0.15, -0.1) is 11.3 Å². The van der Waals surface area contributed by atoms with Crippen molar-refractivity contribution in [3.63, 3.8) is 0 Å². The largest absolute Gasteiger partial charge is 0.495 e. The summed E-state index contributed by atoms with van der Waals surface area (Å²) in [5, 5.41) is 1.03. The molecule has 0 atom stereocenters. The van der Waals surface area contributed by atoms with Crippen molar-refractivity contribution >= 4 is 27.3 Å². The zero-order valence-electron chi connectivity index (χ0n) is 11.8. The summed E-state index contributed by atoms with van der Waals surface area (Å²) < 4.78 is 6.65. The SMILES string of the molecule is CCN(CC)C(=O)c1ccc2sc(C)cc2c1OC. The standard InChI is InChI=1S/C15H19NO2S/c1-5-16(6-2)15(17)11-7-8-13-12(14(11)18-4)9-10(3)19-13/h7-9H,5-6H2,1-4H3. The normalized spacial score (nSPS) is 10.7. The van der Waals surface area contributed by atoms with Crippen LogP contribution in [0.4, 0.5) is 0 Å². The van der Waals surface area contributed by atoms with Crippen LogP contribution in [0, 0.1) is 6.92 Å². The molecule has 4 heteroatoms. The van der Waals surface area contributed by atoms with E-state index >= 15 is 0 Å². The summed E-state index contributed by atoms with van der Waals surface area (Å²) in [7, 11) is 1.63. The molecule has 19 heavy (non-hydrogen) atoms. The molecule has 1 heterocycles. The maximum atomic E-state index is 12.5. The lowest BCUT2D eigenvalue weighted by Crippen LogP contribution is -2.30. The Morgan fingerprint density at radius 1 is 1.32 bits per heavy atom. The Kier molecular flexibility index (Phi) is 4.10. The first-order chi connectivity index (χ1) is 9.12. The lowest BCUT2D eigenvalue weighted by molar-refractivity contribution is 0.0770. The van der Waals surface area contributed by atoms with Gasteiger partial charge in [0.2, 0.25) is 0 Å². The van der Waals surface area contributed by atoms with Crippen molar-refractivity contribution in [3.05, 3.63) is 28.6 Å². The predicted molar refractivity (Wildman–Crippen MR) is 80.4 cm³/mol. The molecule has 0 N–H and O–H groups in total. The van der Waals surface area contributed by atoms with Crippen molar-refractivity contribution in [2.24, 2.45) is 0 Å². The molecule has 0 aliphatic heterocycles. The number of nitrogens with zero attached hydrogens (tertiary/aromatic N) is 1. The second kappa shape index (κ2) is 5.61. The van der Waals surface area contributed by atoms with E-state index in [0.717, 1.165) is 10.1 Å². The van der Waals surface area contributed by atoms with Crippen molar-refractivity contribution in [2.75, 3.05) is 20.2 Å². The Hall–Kier alpha value is -1.55. The van der Waals surface area contributed by atoms with Crippen LogP contribution in [-0.4, -0.2) is 31.0 Å². The summed E-state index contributed by atoms with van der Waals surface area (Å²) in [6.45, 7) is 7.46. The summed E-state index contributed by atoms with van der Waals surface area (Å²) in [6.07, 6.45) is 0. The highest BCUT2D eigenvalue weighted by atomic mass is 32.1. The fraction of sp³-hybridized carbons (Fsp3) is 0.400. The van der Waals surface area contributed by atoms with Crippen LogP contribution in [0.2, 0.25) is 0 Å². The number of methoxy groups -OCH3 is 1. The number of hydrogen-bond donors (Lipinski definition) is 0. The van der Waals surface area contributed by atoms with Gasteiger partial charge in [-0.1, -0.05) is 0 Å². The van der Waals surface area contributed by atoms with Crippen LogP contribution >= 0.6 is 11.3 Å². The third-order valence-electron chi connectivity index (χ3n) is 3.26. The van der Waals surface area contributed by atoms with E-state index in [1.54, 1.807) is 18.4 Å². The minimum Gasteiger partial charge on any atom is -0.495 e. The molecule has 102 valence electrons. The maximum Gasteiger partial charge on any atom is 0.257 e. The molecule has 0 spiro atoms. The number of carbonyl (C=O) groups excluding carboxylic acids is 1. The second-order valence-electron chi connectivity index (χ2n) is 4.39. The van der Waals surface area contributed by atoms with Gasteiger partial charge in [0.1, 0.15) is 5.75 Å². The van der Waals surface area contributed by atoms with Gasteiger partial charge in [0, 0.05) is 28.1 Å². The quantitative estimate of drug-likeness (QED) is 0.852. The highest BCUT2D eigenvalue weighted by Gasteiger charge is 2.19. The van der Waals surface area contributed by atoms with Gasteiger partial charge in [-0.3, -0.25) is 4.79 Å². The molecule has 2 rings (SSSR count). The Balaban J connectivity index is 2.57. The predicted octanol–water partition coefficient (Wildman–Crippen LogP) is 3.70. The molecular weight excluding hydrogens is 258 g/mol. The van der Waals surface area contributed by atoms with Crippen LogP contribution < -0.4 is 4.74 Å². The van der Waals surface area contributed by atoms with E-state index in [9.17, 15) is 4.79 Å². The van der Waals surface area contributed by atoms with E-state index in [2.05, 4.69) is 13.0 Å². The smallest absolute Gasteiger partial charge is 0.257 e. The van der Waals surface area contributed by atoms with Crippen LogP contribution in [0.3, 0.4) is 0 Å². The number of fused-ring (bicyclic) bond motifs is 1. The van der Waals surface area contributed by atoms with Crippen LogP contribution in [0.25, 0.3) is 10.1 Å². The molecule has 3 nitrogen and oxygen atoms in total. The van der Waals surface area contributed by atoms with Gasteiger partial charge >= 0.3 is 0 Å². The van der Waals surface area contributed by atoms with Crippen LogP contribution in [0.15, 0.2) is 18.2 Å². The highest BCUT2D eigenvalue weighted by Crippen LogP contribution is 2.35. The number of amides is 1. The van der Waals surface area contributed by atoms with E-state index in [1.807, 2.05) is 30.9 Å². The Bertz CT molecular complexity index is 599. The van der Waals surface area contributed by atoms with Gasteiger partial charge in [0.25, 0.3) is 5.91 Å². The molecule has 0 aliphatic rings. The second-order valence-corrected chi connectivity index (χ2v) is 5.68. The number of ether oxygens (including phenoxy) is 1. The number of hydrogen-bond acceptors (Lipinski definition) is 3. The lowest BCUT2D eigenvalue weighted by atomic mass is 10.1. The van der Waals surface area contributed by atoms with Gasteiger partial charge in [0.05, 0.1) is 12.7 Å². The third-order valence-corrected chi connectivity index (χ3v) is 4.28. The molecule has 0 unspecified atom stereocenters. The minimum absolute atomic E-state index is 0.0348. The number of carbonyl (C=O) groups is 1. The summed E-state index contributed by atoms with van der Waals surface area (Å²) in [4.78, 5) is 15.5. The lowest BCUT2D eigenvalue weighted by Gasteiger charge is -2.20. The van der Waals surface area contributed by atoms with Gasteiger partial charge < -0.3 is 9.64 Å². The average molecular weight is 277 g/mol. The fourth-order valence-electron chi connectivity index (χ4n) is 2.28. The van der Waals surface area contributed by atoms with Crippen LogP contribution in [0.5, 0.6) is 5.75 Å². The first kappa shape index (κ1) is 13.9. The number of aryl methyl sites for hydroxylation is 1. The molecular formula is C15H19NO2S. The summed E-state index contributed by atoms with van der Waals surface area (Å²) in [5.74, 6) is 0.728. The molecule has 1 aromatic carbocycles. The monoisotopic (exact) mass is 277 g/mol. The summed E-state index contributed by atoms with van der Waals surface area (Å²) >= 11 is 1.72. The van der Waals surface area contributed by atoms with Gasteiger partial charge in [-0.2, -0.15) is 0 Å². The maximum absolute atomic E-state index is 12.5. The van der Waals surface area contributed by atoms with E-state index < -0.39 is 0 Å². The molecule has 2 aromatic rings. The fourth-order valence-corrected chi connectivity index (χ4v) is 3.20. The molecule has 0 saturated heterocycles. The number of rotatable bonds is 4. The number of benzene rings is 1. The Labute approximate surface area is 117 Å². The minimum atomic E-state index is 0.0348.